The van der Waals surface area contributed by atoms with E-state index in [0.717, 1.165) is 21.3 Å². The number of nitrogens with one attached hydrogen (secondary N) is 1. The summed E-state index contributed by atoms with van der Waals surface area (Å²) in [5.41, 5.74) is 2.93. The molecule has 0 radical (unpaired) electrons. The number of thiazole rings is 1. The molecule has 0 saturated carbocycles. The van der Waals surface area contributed by atoms with E-state index < -0.39 is 0 Å². The predicted molar refractivity (Wildman–Crippen MR) is 123 cm³/mol. The fraction of sp³-hybridized carbons (Fsp3) is 0.136. The molecule has 0 aliphatic rings. The van der Waals surface area contributed by atoms with Crippen LogP contribution in [0.3, 0.4) is 0 Å². The smallest absolute Gasteiger partial charge is 0.295 e. The first-order valence-corrected chi connectivity index (χ1v) is 11.3. The van der Waals surface area contributed by atoms with Crippen molar-refractivity contribution in [3.05, 3.63) is 81.8 Å². The molecule has 1 N–H and O–H groups in total. The minimum atomic E-state index is -0.298. The van der Waals surface area contributed by atoms with Crippen molar-refractivity contribution in [3.8, 4) is 16.9 Å². The molecule has 0 spiro atoms. The van der Waals surface area contributed by atoms with Gasteiger partial charge in [-0.3, -0.25) is 14.3 Å². The summed E-state index contributed by atoms with van der Waals surface area (Å²) in [7, 11) is 1.78. The molecule has 6 nitrogen and oxygen atoms in total. The number of hydrogen-bond acceptors (Lipinski definition) is 5. The molecule has 4 aromatic rings. The Morgan fingerprint density at radius 3 is 2.58 bits per heavy atom. The molecule has 4 rings (SSSR count). The van der Waals surface area contributed by atoms with Gasteiger partial charge in [0.15, 0.2) is 4.34 Å². The summed E-state index contributed by atoms with van der Waals surface area (Å²) in [6.45, 7) is 1.79. The lowest BCUT2D eigenvalue weighted by atomic mass is 10.2. The van der Waals surface area contributed by atoms with Gasteiger partial charge in [0.2, 0.25) is 5.91 Å². The molecule has 0 saturated heterocycles. The molecular formula is C22H19FN4O2S2. The van der Waals surface area contributed by atoms with E-state index in [0.29, 0.717) is 5.69 Å². The van der Waals surface area contributed by atoms with E-state index in [9.17, 15) is 14.0 Å². The molecule has 31 heavy (non-hydrogen) atoms. The van der Waals surface area contributed by atoms with Crippen molar-refractivity contribution in [2.75, 3.05) is 11.1 Å². The van der Waals surface area contributed by atoms with Crippen molar-refractivity contribution in [2.24, 2.45) is 7.05 Å². The van der Waals surface area contributed by atoms with E-state index in [2.05, 4.69) is 10.3 Å². The van der Waals surface area contributed by atoms with E-state index >= 15 is 0 Å². The van der Waals surface area contributed by atoms with E-state index in [1.54, 1.807) is 30.8 Å². The summed E-state index contributed by atoms with van der Waals surface area (Å²) in [6.07, 6.45) is 0. The molecule has 2 aromatic heterocycles. The third-order valence-corrected chi connectivity index (χ3v) is 6.79. The highest BCUT2D eigenvalue weighted by Crippen LogP contribution is 2.28. The first kappa shape index (κ1) is 21.1. The highest BCUT2D eigenvalue weighted by Gasteiger charge is 2.18. The minimum absolute atomic E-state index is 0.121. The first-order valence-electron chi connectivity index (χ1n) is 9.42. The lowest BCUT2D eigenvalue weighted by Crippen LogP contribution is -2.23. The topological polar surface area (TPSA) is 68.9 Å². The number of benzene rings is 2. The zero-order chi connectivity index (χ0) is 22.0. The number of rotatable bonds is 6. The van der Waals surface area contributed by atoms with Crippen LogP contribution in [0.1, 0.15) is 5.69 Å². The Morgan fingerprint density at radius 2 is 1.87 bits per heavy atom. The largest absolute Gasteiger partial charge is 0.319 e. The van der Waals surface area contributed by atoms with Crippen LogP contribution in [-0.2, 0) is 11.8 Å². The maximum Gasteiger partial charge on any atom is 0.295 e. The van der Waals surface area contributed by atoms with Crippen LogP contribution in [0.4, 0.5) is 10.1 Å². The highest BCUT2D eigenvalue weighted by atomic mass is 32.2. The summed E-state index contributed by atoms with van der Waals surface area (Å²) in [6, 6.07) is 15.4. The monoisotopic (exact) mass is 454 g/mol. The average Bonchev–Trinajstić information content (AvgIpc) is 3.33. The van der Waals surface area contributed by atoms with Crippen molar-refractivity contribution in [1.82, 2.24) is 14.3 Å². The van der Waals surface area contributed by atoms with Crippen molar-refractivity contribution in [1.29, 1.82) is 0 Å². The number of anilines is 1. The zero-order valence-electron chi connectivity index (χ0n) is 16.8. The van der Waals surface area contributed by atoms with Crippen LogP contribution in [0.15, 0.2) is 69.1 Å². The normalized spacial score (nSPS) is 10.9. The van der Waals surface area contributed by atoms with Crippen LogP contribution in [0.5, 0.6) is 0 Å². The highest BCUT2D eigenvalue weighted by molar-refractivity contribution is 8.01. The van der Waals surface area contributed by atoms with E-state index in [1.807, 2.05) is 35.7 Å². The molecule has 2 aromatic carbocycles. The maximum absolute atomic E-state index is 13.1. The second-order valence-corrected chi connectivity index (χ2v) is 8.86. The van der Waals surface area contributed by atoms with Gasteiger partial charge in [-0.1, -0.05) is 30.0 Å². The summed E-state index contributed by atoms with van der Waals surface area (Å²) in [4.78, 5) is 29.9. The molecule has 0 atom stereocenters. The number of halogens is 1. The van der Waals surface area contributed by atoms with E-state index in [1.165, 1.54) is 39.9 Å². The van der Waals surface area contributed by atoms with Crippen LogP contribution < -0.4 is 10.9 Å². The van der Waals surface area contributed by atoms with Crippen LogP contribution in [0.2, 0.25) is 0 Å². The number of carbonyl (C=O) groups excluding carboxylic acids is 1. The van der Waals surface area contributed by atoms with Gasteiger partial charge in [0.05, 0.1) is 22.8 Å². The number of carbonyl (C=O) groups is 1. The molecule has 0 unspecified atom stereocenters. The summed E-state index contributed by atoms with van der Waals surface area (Å²) in [5, 5.41) is 4.61. The van der Waals surface area contributed by atoms with Gasteiger partial charge >= 0.3 is 0 Å². The second kappa shape index (κ2) is 8.91. The lowest BCUT2D eigenvalue weighted by Gasteiger charge is -2.07. The third kappa shape index (κ3) is 4.47. The molecular weight excluding hydrogens is 435 g/mol. The Bertz CT molecular complexity index is 1280. The quantitative estimate of drug-likeness (QED) is 0.436. The summed E-state index contributed by atoms with van der Waals surface area (Å²) >= 11 is 2.71. The van der Waals surface area contributed by atoms with Gasteiger partial charge in [-0.2, -0.15) is 0 Å². The van der Waals surface area contributed by atoms with Gasteiger partial charge in [-0.15, -0.1) is 11.3 Å². The van der Waals surface area contributed by atoms with Crippen molar-refractivity contribution in [3.63, 3.8) is 0 Å². The number of para-hydroxylation sites is 1. The Kier molecular flexibility index (Phi) is 6.06. The molecule has 0 fully saturated rings. The fourth-order valence-electron chi connectivity index (χ4n) is 3.09. The average molecular weight is 455 g/mol. The Balaban J connectivity index is 1.44. The molecule has 158 valence electrons. The minimum Gasteiger partial charge on any atom is -0.319 e. The number of hydrogen-bond donors (Lipinski definition) is 1. The number of amides is 1. The number of thioether (sulfide) groups is 1. The second-order valence-electron chi connectivity index (χ2n) is 6.78. The Labute approximate surface area is 186 Å². The number of aromatic nitrogens is 3. The lowest BCUT2D eigenvalue weighted by molar-refractivity contribution is -0.113. The zero-order valence-corrected chi connectivity index (χ0v) is 18.5. The Hall–Kier alpha value is -3.17. The SMILES string of the molecule is Cc1c(NC(=O)CSc2nc(-c3ccc(F)cc3)cs2)c(=O)n(-c2ccccc2)n1C. The molecule has 9 heteroatoms. The van der Waals surface area contributed by atoms with E-state index in [4.69, 9.17) is 0 Å². The maximum atomic E-state index is 13.1. The molecule has 0 bridgehead atoms. The third-order valence-electron chi connectivity index (χ3n) is 4.77. The van der Waals surface area contributed by atoms with Gasteiger partial charge in [-0.05, 0) is 43.3 Å². The van der Waals surface area contributed by atoms with E-state index in [-0.39, 0.29) is 28.7 Å². The van der Waals surface area contributed by atoms with Crippen LogP contribution >= 0.6 is 23.1 Å². The standard InChI is InChI=1S/C22H19FN4O2S2/c1-14-20(21(29)27(26(14)2)17-6-4-3-5-7-17)25-19(28)13-31-22-24-18(12-30-22)15-8-10-16(23)11-9-15/h3-12H,13H2,1-2H3,(H,25,28). The molecule has 1 amide bonds. The Morgan fingerprint density at radius 1 is 1.16 bits per heavy atom. The van der Waals surface area contributed by atoms with Crippen LogP contribution in [0.25, 0.3) is 16.9 Å². The van der Waals surface area contributed by atoms with Crippen molar-refractivity contribution >= 4 is 34.7 Å². The number of nitrogens with zero attached hydrogens (tertiary/aromatic N) is 3. The fourth-order valence-corrected chi connectivity index (χ4v) is 4.73. The van der Waals surface area contributed by atoms with Gasteiger partial charge in [0, 0.05) is 18.0 Å². The first-order chi connectivity index (χ1) is 14.9. The van der Waals surface area contributed by atoms with Gasteiger partial charge in [0.25, 0.3) is 5.56 Å². The molecule has 0 aliphatic carbocycles. The van der Waals surface area contributed by atoms with Crippen LogP contribution in [-0.4, -0.2) is 26.0 Å². The summed E-state index contributed by atoms with van der Waals surface area (Å²) < 4.78 is 17.0. The predicted octanol–water partition coefficient (Wildman–Crippen LogP) is 4.48. The van der Waals surface area contributed by atoms with Crippen LogP contribution in [0, 0.1) is 12.7 Å². The van der Waals surface area contributed by atoms with Gasteiger partial charge in [0.1, 0.15) is 11.5 Å². The molecule has 0 aliphatic heterocycles. The van der Waals surface area contributed by atoms with Gasteiger partial charge in [-0.25, -0.2) is 14.1 Å². The van der Waals surface area contributed by atoms with Crippen molar-refractivity contribution < 1.29 is 9.18 Å². The molecule has 2 heterocycles. The van der Waals surface area contributed by atoms with Crippen molar-refractivity contribution in [2.45, 2.75) is 11.3 Å². The summed E-state index contributed by atoms with van der Waals surface area (Å²) in [5.74, 6) is -0.461. The van der Waals surface area contributed by atoms with Gasteiger partial charge < -0.3 is 5.32 Å².